The van der Waals surface area contributed by atoms with Gasteiger partial charge in [0.15, 0.2) is 11.6 Å². The molecule has 0 saturated carbocycles. The summed E-state index contributed by atoms with van der Waals surface area (Å²) in [6.07, 6.45) is 2.11. The molecule has 0 spiro atoms. The third-order valence-corrected chi connectivity index (χ3v) is 5.24. The van der Waals surface area contributed by atoms with Crippen molar-refractivity contribution < 1.29 is 13.9 Å². The Morgan fingerprint density at radius 3 is 2.39 bits per heavy atom. The van der Waals surface area contributed by atoms with E-state index in [-0.39, 0.29) is 5.91 Å². The zero-order valence-electron chi connectivity index (χ0n) is 14.4. The number of carbonyl (C=O) groups excluding carboxylic acids is 1. The molecular formula is C17H27N3O3. The largest absolute Gasteiger partial charge is 0.445 e. The van der Waals surface area contributed by atoms with Crippen LogP contribution in [0.4, 0.5) is 0 Å². The average Bonchev–Trinajstić information content (AvgIpc) is 2.93. The van der Waals surface area contributed by atoms with Gasteiger partial charge in [0, 0.05) is 39.1 Å². The van der Waals surface area contributed by atoms with Crippen LogP contribution in [0.1, 0.15) is 41.9 Å². The van der Waals surface area contributed by atoms with Crippen molar-refractivity contribution in [2.75, 3.05) is 39.4 Å². The number of aromatic nitrogens is 1. The first-order valence-corrected chi connectivity index (χ1v) is 8.61. The number of hydrogen-bond donors (Lipinski definition) is 0. The van der Waals surface area contributed by atoms with E-state index in [1.165, 1.54) is 0 Å². The molecule has 0 bridgehead atoms. The van der Waals surface area contributed by atoms with Crippen molar-refractivity contribution in [3.05, 3.63) is 17.3 Å². The summed E-state index contributed by atoms with van der Waals surface area (Å²) in [5.41, 5.74) is 0.474. The average molecular weight is 321 g/mol. The molecule has 2 fully saturated rings. The van der Waals surface area contributed by atoms with Crippen LogP contribution in [-0.4, -0.2) is 66.1 Å². The van der Waals surface area contributed by atoms with Gasteiger partial charge in [0.25, 0.3) is 5.91 Å². The summed E-state index contributed by atoms with van der Waals surface area (Å²) in [6, 6.07) is 0.562. The first-order chi connectivity index (χ1) is 11.1. The Morgan fingerprint density at radius 1 is 1.17 bits per heavy atom. The maximum Gasteiger partial charge on any atom is 0.276 e. The summed E-state index contributed by atoms with van der Waals surface area (Å²) >= 11 is 0. The maximum atomic E-state index is 12.6. The van der Waals surface area contributed by atoms with E-state index in [4.69, 9.17) is 9.15 Å². The Balaban J connectivity index is 1.55. The second kappa shape index (κ2) is 7.01. The molecule has 0 aliphatic carbocycles. The molecule has 0 aromatic carbocycles. The van der Waals surface area contributed by atoms with E-state index in [1.807, 2.05) is 4.90 Å². The number of hydrogen-bond acceptors (Lipinski definition) is 5. The van der Waals surface area contributed by atoms with Crippen LogP contribution < -0.4 is 0 Å². The summed E-state index contributed by atoms with van der Waals surface area (Å²) < 4.78 is 10.8. The maximum absolute atomic E-state index is 12.6. The second-order valence-electron chi connectivity index (χ2n) is 6.66. The highest BCUT2D eigenvalue weighted by atomic mass is 16.5. The van der Waals surface area contributed by atoms with Crippen LogP contribution in [0.15, 0.2) is 4.42 Å². The molecule has 1 atom stereocenters. The molecule has 2 aliphatic heterocycles. The molecule has 1 aromatic heterocycles. The number of likely N-dealkylation sites (tertiary alicyclic amines) is 1. The van der Waals surface area contributed by atoms with E-state index in [0.29, 0.717) is 29.3 Å². The molecule has 23 heavy (non-hydrogen) atoms. The summed E-state index contributed by atoms with van der Waals surface area (Å²) in [4.78, 5) is 21.3. The number of ether oxygens (including phenoxy) is 1. The van der Waals surface area contributed by atoms with E-state index in [9.17, 15) is 4.79 Å². The lowest BCUT2D eigenvalue weighted by atomic mass is 9.89. The molecule has 3 heterocycles. The summed E-state index contributed by atoms with van der Waals surface area (Å²) in [7, 11) is 0. The molecule has 128 valence electrons. The van der Waals surface area contributed by atoms with Crippen molar-refractivity contribution >= 4 is 5.91 Å². The minimum Gasteiger partial charge on any atom is -0.445 e. The van der Waals surface area contributed by atoms with Crippen LogP contribution in [0, 0.1) is 19.8 Å². The topological polar surface area (TPSA) is 58.8 Å². The molecule has 6 heteroatoms. The number of oxazole rings is 1. The standard InChI is InChI=1S/C17H27N3O3/c1-12(19-8-10-22-11-9-19)15-4-6-20(7-5-15)17(21)16-13(2)23-14(3)18-16/h12,15H,4-11H2,1-3H3/t12-/m0/s1. The number of morpholine rings is 1. The molecule has 0 radical (unpaired) electrons. The SMILES string of the molecule is Cc1nc(C(=O)N2CCC([C@H](C)N3CCOCC3)CC2)c(C)o1. The van der Waals surface area contributed by atoms with Crippen molar-refractivity contribution in [2.45, 2.75) is 39.7 Å². The molecule has 2 aliphatic rings. The normalized spacial score (nSPS) is 22.3. The monoisotopic (exact) mass is 321 g/mol. The summed E-state index contributed by atoms with van der Waals surface area (Å²) in [5.74, 6) is 1.84. The van der Waals surface area contributed by atoms with Crippen molar-refractivity contribution in [1.82, 2.24) is 14.8 Å². The fourth-order valence-electron chi connectivity index (χ4n) is 3.74. The number of aryl methyl sites for hydroxylation is 2. The first kappa shape index (κ1) is 16.5. The lowest BCUT2D eigenvalue weighted by molar-refractivity contribution is -0.000992. The Hall–Kier alpha value is -1.40. The van der Waals surface area contributed by atoms with Crippen LogP contribution in [0.5, 0.6) is 0 Å². The fourth-order valence-corrected chi connectivity index (χ4v) is 3.74. The molecule has 1 amide bonds. The van der Waals surface area contributed by atoms with E-state index in [0.717, 1.165) is 52.2 Å². The van der Waals surface area contributed by atoms with Gasteiger partial charge < -0.3 is 14.1 Å². The van der Waals surface area contributed by atoms with Gasteiger partial charge in [0.05, 0.1) is 13.2 Å². The van der Waals surface area contributed by atoms with Gasteiger partial charge >= 0.3 is 0 Å². The molecular weight excluding hydrogens is 294 g/mol. The third kappa shape index (κ3) is 3.58. The lowest BCUT2D eigenvalue weighted by Gasteiger charge is -2.40. The molecule has 6 nitrogen and oxygen atoms in total. The highest BCUT2D eigenvalue weighted by Crippen LogP contribution is 2.26. The predicted molar refractivity (Wildman–Crippen MR) is 86.5 cm³/mol. The van der Waals surface area contributed by atoms with Gasteiger partial charge in [0.1, 0.15) is 5.76 Å². The Morgan fingerprint density at radius 2 is 1.83 bits per heavy atom. The van der Waals surface area contributed by atoms with E-state index < -0.39 is 0 Å². The molecule has 0 unspecified atom stereocenters. The van der Waals surface area contributed by atoms with Gasteiger partial charge in [-0.3, -0.25) is 9.69 Å². The second-order valence-corrected chi connectivity index (χ2v) is 6.66. The van der Waals surface area contributed by atoms with E-state index >= 15 is 0 Å². The first-order valence-electron chi connectivity index (χ1n) is 8.61. The zero-order valence-corrected chi connectivity index (χ0v) is 14.4. The molecule has 3 rings (SSSR count). The number of piperidine rings is 1. The Kier molecular flexibility index (Phi) is 5.02. The van der Waals surface area contributed by atoms with E-state index in [2.05, 4.69) is 16.8 Å². The van der Waals surface area contributed by atoms with Crippen LogP contribution in [0.2, 0.25) is 0 Å². The summed E-state index contributed by atoms with van der Waals surface area (Å²) in [5, 5.41) is 0. The van der Waals surface area contributed by atoms with Gasteiger partial charge in [-0.1, -0.05) is 0 Å². The van der Waals surface area contributed by atoms with Gasteiger partial charge in [0.2, 0.25) is 0 Å². The molecule has 1 aromatic rings. The Labute approximate surface area is 137 Å². The highest BCUT2D eigenvalue weighted by Gasteiger charge is 2.31. The number of carbonyl (C=O) groups is 1. The van der Waals surface area contributed by atoms with Gasteiger partial charge in [-0.25, -0.2) is 4.98 Å². The number of rotatable bonds is 3. The van der Waals surface area contributed by atoms with Crippen LogP contribution in [-0.2, 0) is 4.74 Å². The van der Waals surface area contributed by atoms with Crippen molar-refractivity contribution in [3.8, 4) is 0 Å². The van der Waals surface area contributed by atoms with Crippen molar-refractivity contribution in [3.63, 3.8) is 0 Å². The fraction of sp³-hybridized carbons (Fsp3) is 0.765. The minimum atomic E-state index is 0.0109. The van der Waals surface area contributed by atoms with Crippen molar-refractivity contribution in [1.29, 1.82) is 0 Å². The van der Waals surface area contributed by atoms with Gasteiger partial charge in [-0.2, -0.15) is 0 Å². The smallest absolute Gasteiger partial charge is 0.276 e. The minimum absolute atomic E-state index is 0.0109. The molecule has 0 N–H and O–H groups in total. The Bertz CT molecular complexity index is 543. The van der Waals surface area contributed by atoms with Crippen LogP contribution in [0.3, 0.4) is 0 Å². The quantitative estimate of drug-likeness (QED) is 0.850. The van der Waals surface area contributed by atoms with Gasteiger partial charge in [-0.05, 0) is 32.6 Å². The lowest BCUT2D eigenvalue weighted by Crippen LogP contribution is -2.49. The zero-order chi connectivity index (χ0) is 16.4. The predicted octanol–water partition coefficient (Wildman–Crippen LogP) is 1.86. The third-order valence-electron chi connectivity index (χ3n) is 5.24. The van der Waals surface area contributed by atoms with Crippen LogP contribution >= 0.6 is 0 Å². The van der Waals surface area contributed by atoms with E-state index in [1.54, 1.807) is 13.8 Å². The van der Waals surface area contributed by atoms with Gasteiger partial charge in [-0.15, -0.1) is 0 Å². The number of nitrogens with zero attached hydrogens (tertiary/aromatic N) is 3. The molecule has 2 saturated heterocycles. The number of amides is 1. The summed E-state index contributed by atoms with van der Waals surface area (Å²) in [6.45, 7) is 11.3. The van der Waals surface area contributed by atoms with Crippen molar-refractivity contribution in [2.24, 2.45) is 5.92 Å². The van der Waals surface area contributed by atoms with Crippen LogP contribution in [0.25, 0.3) is 0 Å². The highest BCUT2D eigenvalue weighted by molar-refractivity contribution is 5.93.